The van der Waals surface area contributed by atoms with Gasteiger partial charge in [0.1, 0.15) is 0 Å². The number of morpholine rings is 1. The number of carbonyl (C=O) groups excluding carboxylic acids is 2. The lowest BCUT2D eigenvalue weighted by Crippen LogP contribution is -2.39. The summed E-state index contributed by atoms with van der Waals surface area (Å²) in [7, 11) is 1.54. The maximum absolute atomic E-state index is 13.8. The molecule has 2 aliphatic rings. The number of Topliss-reactive ketones (excluding diaryl/α,β-unsaturated/α-hetero) is 1. The molecule has 1 N–H and O–H groups in total. The van der Waals surface area contributed by atoms with Gasteiger partial charge in [0, 0.05) is 31.6 Å². The Morgan fingerprint density at radius 2 is 1.84 bits per heavy atom. The highest BCUT2D eigenvalue weighted by molar-refractivity contribution is 6.16. The van der Waals surface area contributed by atoms with Crippen molar-refractivity contribution in [3.05, 3.63) is 76.8 Å². The molecule has 1 amide bonds. The maximum Gasteiger partial charge on any atom is 0.290 e. The third-order valence-electron chi connectivity index (χ3n) is 7.40. The molecule has 2 aromatic carbocycles. The Balaban J connectivity index is 1.48. The van der Waals surface area contributed by atoms with Crippen LogP contribution in [0.3, 0.4) is 0 Å². The highest BCUT2D eigenvalue weighted by Gasteiger charge is 2.44. The summed E-state index contributed by atoms with van der Waals surface area (Å²) in [4.78, 5) is 31.1. The highest BCUT2D eigenvalue weighted by Crippen LogP contribution is 2.40. The molecule has 1 aromatic heterocycles. The van der Waals surface area contributed by atoms with E-state index in [1.165, 1.54) is 7.11 Å². The monoisotopic (exact) mass is 518 g/mol. The molecular formula is C30H34N2O6. The molecule has 200 valence electrons. The second-order valence-corrected chi connectivity index (χ2v) is 10.1. The summed E-state index contributed by atoms with van der Waals surface area (Å²) in [6.45, 7) is 8.56. The predicted molar refractivity (Wildman–Crippen MR) is 144 cm³/mol. The number of amides is 1. The lowest BCUT2D eigenvalue weighted by Gasteiger charge is -2.30. The van der Waals surface area contributed by atoms with Crippen LogP contribution in [-0.2, 0) is 9.53 Å². The zero-order chi connectivity index (χ0) is 26.8. The van der Waals surface area contributed by atoms with Gasteiger partial charge in [-0.15, -0.1) is 0 Å². The van der Waals surface area contributed by atoms with Crippen LogP contribution in [0, 0.1) is 0 Å². The van der Waals surface area contributed by atoms with Crippen molar-refractivity contribution >= 4 is 22.7 Å². The zero-order valence-corrected chi connectivity index (χ0v) is 22.1. The first kappa shape index (κ1) is 26.0. The van der Waals surface area contributed by atoms with Gasteiger partial charge in [-0.2, -0.15) is 0 Å². The molecule has 0 aliphatic carbocycles. The fourth-order valence-corrected chi connectivity index (χ4v) is 5.26. The lowest BCUT2D eigenvalue weighted by molar-refractivity contribution is -0.129. The number of aliphatic hydroxyl groups is 1. The van der Waals surface area contributed by atoms with Crippen LogP contribution in [-0.4, -0.2) is 73.1 Å². The van der Waals surface area contributed by atoms with Gasteiger partial charge in [0.25, 0.3) is 5.91 Å². The Morgan fingerprint density at radius 3 is 2.53 bits per heavy atom. The molecule has 0 saturated carbocycles. The molecule has 8 heteroatoms. The number of ether oxygens (including phenoxy) is 2. The number of nitrogens with zero attached hydrogens (tertiary/aromatic N) is 2. The summed E-state index contributed by atoms with van der Waals surface area (Å²) in [5.74, 6) is -0.670. The van der Waals surface area contributed by atoms with Crippen LogP contribution in [0.2, 0.25) is 0 Å². The maximum atomic E-state index is 13.8. The van der Waals surface area contributed by atoms with Crippen molar-refractivity contribution in [2.75, 3.05) is 46.5 Å². The number of aliphatic hydroxyl groups excluding tert-OH is 1. The first-order valence-electron chi connectivity index (χ1n) is 13.1. The van der Waals surface area contributed by atoms with Crippen LogP contribution in [0.25, 0.3) is 11.0 Å². The fourth-order valence-electron chi connectivity index (χ4n) is 5.26. The van der Waals surface area contributed by atoms with Gasteiger partial charge in [-0.05, 0) is 35.6 Å². The van der Waals surface area contributed by atoms with E-state index in [0.717, 1.165) is 30.8 Å². The highest BCUT2D eigenvalue weighted by atomic mass is 16.5. The zero-order valence-electron chi connectivity index (χ0n) is 22.1. The van der Waals surface area contributed by atoms with Crippen molar-refractivity contribution in [2.45, 2.75) is 32.2 Å². The Bertz CT molecular complexity index is 1350. The van der Waals surface area contributed by atoms with Crippen LogP contribution >= 0.6 is 0 Å². The van der Waals surface area contributed by atoms with Crippen molar-refractivity contribution in [3.8, 4) is 5.75 Å². The van der Waals surface area contributed by atoms with Crippen LogP contribution in [0.15, 0.2) is 64.3 Å². The van der Waals surface area contributed by atoms with Crippen molar-refractivity contribution in [1.29, 1.82) is 0 Å². The third kappa shape index (κ3) is 4.93. The number of rotatable bonds is 9. The molecule has 2 aliphatic heterocycles. The molecule has 3 heterocycles. The first-order valence-corrected chi connectivity index (χ1v) is 13.1. The quantitative estimate of drug-likeness (QED) is 0.404. The molecule has 1 fully saturated rings. The SMILES string of the molecule is COc1cccc2cc(C(=O)C3=C(O)C(=O)N(CCCN4CCOCC4)[C@H]3c3ccc(C(C)C)cc3)oc12. The molecule has 0 bridgehead atoms. The lowest BCUT2D eigenvalue weighted by atomic mass is 9.93. The van der Waals surface area contributed by atoms with E-state index in [1.807, 2.05) is 36.4 Å². The van der Waals surface area contributed by atoms with Crippen LogP contribution in [0.1, 0.15) is 53.9 Å². The van der Waals surface area contributed by atoms with E-state index in [4.69, 9.17) is 13.9 Å². The normalized spacial score (nSPS) is 18.7. The van der Waals surface area contributed by atoms with Gasteiger partial charge < -0.3 is 23.9 Å². The predicted octanol–water partition coefficient (Wildman–Crippen LogP) is 4.87. The largest absolute Gasteiger partial charge is 0.503 e. The number of fused-ring (bicyclic) bond motifs is 1. The summed E-state index contributed by atoms with van der Waals surface area (Å²) in [6.07, 6.45) is 0.711. The van der Waals surface area contributed by atoms with E-state index in [-0.39, 0.29) is 11.3 Å². The molecule has 0 radical (unpaired) electrons. The van der Waals surface area contributed by atoms with Crippen molar-refractivity contribution in [2.24, 2.45) is 0 Å². The summed E-state index contributed by atoms with van der Waals surface area (Å²) in [5.41, 5.74) is 2.41. The van der Waals surface area contributed by atoms with E-state index in [2.05, 4.69) is 18.7 Å². The van der Waals surface area contributed by atoms with E-state index in [1.54, 1.807) is 17.0 Å². The van der Waals surface area contributed by atoms with Gasteiger partial charge in [0.05, 0.1) is 31.9 Å². The Kier molecular flexibility index (Phi) is 7.53. The van der Waals surface area contributed by atoms with Gasteiger partial charge in [-0.1, -0.05) is 50.2 Å². The molecule has 1 saturated heterocycles. The number of ketones is 1. The number of hydrogen-bond donors (Lipinski definition) is 1. The minimum absolute atomic E-state index is 0.0386. The topological polar surface area (TPSA) is 92.5 Å². The standard InChI is InChI=1S/C30H34N2O6/c1-19(2)20-8-10-21(11-9-20)26-25(27(33)24-18-22-6-4-7-23(36-3)29(22)38-24)28(34)30(35)32(26)13-5-12-31-14-16-37-17-15-31/h4,6-11,18-19,26,34H,5,12-17H2,1-3H3/t26-/m0/s1. The second-order valence-electron chi connectivity index (χ2n) is 10.1. The van der Waals surface area contributed by atoms with Crippen LogP contribution < -0.4 is 4.74 Å². The van der Waals surface area contributed by atoms with E-state index < -0.39 is 23.5 Å². The summed E-state index contributed by atoms with van der Waals surface area (Å²) in [5, 5.41) is 11.7. The summed E-state index contributed by atoms with van der Waals surface area (Å²) < 4.78 is 16.7. The van der Waals surface area contributed by atoms with Gasteiger partial charge in [0.2, 0.25) is 5.78 Å². The Labute approximate surface area is 222 Å². The van der Waals surface area contributed by atoms with Gasteiger partial charge in [-0.3, -0.25) is 14.5 Å². The third-order valence-corrected chi connectivity index (χ3v) is 7.40. The van der Waals surface area contributed by atoms with E-state index in [0.29, 0.717) is 48.8 Å². The molecule has 0 unspecified atom stereocenters. The Hall–Kier alpha value is -3.62. The van der Waals surface area contributed by atoms with Gasteiger partial charge in [0.15, 0.2) is 22.9 Å². The summed E-state index contributed by atoms with van der Waals surface area (Å²) >= 11 is 0. The number of furan rings is 1. The van der Waals surface area contributed by atoms with Gasteiger partial charge in [-0.25, -0.2) is 0 Å². The number of para-hydroxylation sites is 1. The molecule has 3 aromatic rings. The molecule has 5 rings (SSSR count). The number of methoxy groups -OCH3 is 1. The molecule has 1 atom stereocenters. The summed E-state index contributed by atoms with van der Waals surface area (Å²) in [6, 6.07) is 14.2. The number of hydrogen-bond acceptors (Lipinski definition) is 7. The fraction of sp³-hybridized carbons (Fsp3) is 0.400. The Morgan fingerprint density at radius 1 is 1.11 bits per heavy atom. The van der Waals surface area contributed by atoms with E-state index >= 15 is 0 Å². The molecule has 0 spiro atoms. The minimum Gasteiger partial charge on any atom is -0.503 e. The average molecular weight is 519 g/mol. The molecular weight excluding hydrogens is 484 g/mol. The second kappa shape index (κ2) is 11.0. The van der Waals surface area contributed by atoms with Crippen LogP contribution in [0.4, 0.5) is 0 Å². The number of carbonyl (C=O) groups is 2. The first-order chi connectivity index (χ1) is 18.4. The molecule has 8 nitrogen and oxygen atoms in total. The smallest absolute Gasteiger partial charge is 0.290 e. The van der Waals surface area contributed by atoms with Crippen molar-refractivity contribution in [1.82, 2.24) is 9.80 Å². The number of benzene rings is 2. The van der Waals surface area contributed by atoms with Gasteiger partial charge >= 0.3 is 0 Å². The minimum atomic E-state index is -0.712. The molecule has 38 heavy (non-hydrogen) atoms. The van der Waals surface area contributed by atoms with Crippen LogP contribution in [0.5, 0.6) is 5.75 Å². The average Bonchev–Trinajstić information content (AvgIpc) is 3.48. The van der Waals surface area contributed by atoms with E-state index in [9.17, 15) is 14.7 Å². The van der Waals surface area contributed by atoms with Crippen molar-refractivity contribution in [3.63, 3.8) is 0 Å². The van der Waals surface area contributed by atoms with Crippen molar-refractivity contribution < 1.29 is 28.6 Å².